The van der Waals surface area contributed by atoms with Crippen molar-refractivity contribution in [2.75, 3.05) is 48.2 Å². The fourth-order valence-electron chi connectivity index (χ4n) is 13.0. The molecule has 0 saturated carbocycles. The minimum atomic E-state index is -0.846. The molecule has 104 heavy (non-hydrogen) atoms. The Balaban J connectivity index is 0.000000139. The Kier molecular flexibility index (Phi) is 22.6. The maximum absolute atomic E-state index is 13.9. The predicted octanol–water partition coefficient (Wildman–Crippen LogP) is 18.8. The van der Waals surface area contributed by atoms with E-state index in [0.29, 0.717) is 58.1 Å². The number of hydrogen-bond acceptors (Lipinski definition) is 14. The van der Waals surface area contributed by atoms with E-state index in [1.165, 1.54) is 12.1 Å². The van der Waals surface area contributed by atoms with Gasteiger partial charge >= 0.3 is 12.2 Å². The number of rotatable bonds is 16. The van der Waals surface area contributed by atoms with Gasteiger partial charge in [0.2, 0.25) is 17.8 Å². The standard InChI is InChI=1S/C29H26Cl2N4O2.C27H21Cl2N3O3.C26H21F2N3O/c1-35(2)21-10-7-18(8-11-21)13-14-37-29(36)34-28-32-17-20-15-24(19-9-12-25(30)26(31)16-19)22-5-3-4-6-23(22)27(20)33-28;28-23-10-9-18(12-24(23)29)22-11-19-13-30-26(31-25(19)21-4-2-1-3-20(21)22)32-27(34)35-15-17-7-5-16(14-33)6-8-17;27-23-10-7-17(14-24(23)28)22-13-18-15-29-26(30-19-8-5-16(6-9-19)11-12-32)31-25(18)21-4-2-1-3-20(21)22/h3-12,16-17,24H,13-15H2,1-2H3,(H,32,33,34,36);1-10,12-13,22,33H,11,14-15H2,(H,30,31,32,34);1-10,14-15,22,32H,11-13H2,(H,29,30,31)/t24-;2*22-/m001/s1. The van der Waals surface area contributed by atoms with Crippen LogP contribution in [0.25, 0.3) is 33.8 Å². The Hall–Kier alpha value is -10.7. The number of carbonyl (C=O) groups is 2. The molecule has 0 unspecified atom stereocenters. The highest BCUT2D eigenvalue weighted by Gasteiger charge is 2.32. The summed E-state index contributed by atoms with van der Waals surface area (Å²) in [6.45, 7) is 0.434. The third-order valence-corrected chi connectivity index (χ3v) is 19.8. The highest BCUT2D eigenvalue weighted by molar-refractivity contribution is 6.42. The Bertz CT molecular complexity index is 5120. The average Bonchev–Trinajstić information content (AvgIpc) is 0.771. The van der Waals surface area contributed by atoms with Gasteiger partial charge in [-0.2, -0.15) is 0 Å². The first-order valence-corrected chi connectivity index (χ1v) is 35.0. The van der Waals surface area contributed by atoms with E-state index >= 15 is 0 Å². The van der Waals surface area contributed by atoms with Crippen LogP contribution in [-0.2, 0) is 54.8 Å². The van der Waals surface area contributed by atoms with Crippen LogP contribution in [0.15, 0.2) is 219 Å². The van der Waals surface area contributed by atoms with Crippen molar-refractivity contribution >= 4 is 87.8 Å². The third-order valence-electron chi connectivity index (χ3n) is 18.4. The molecule has 0 fully saturated rings. The van der Waals surface area contributed by atoms with Crippen LogP contribution in [0.5, 0.6) is 0 Å². The van der Waals surface area contributed by atoms with Crippen molar-refractivity contribution in [2.45, 2.75) is 63.1 Å². The van der Waals surface area contributed by atoms with Crippen LogP contribution in [0.2, 0.25) is 20.1 Å². The van der Waals surface area contributed by atoms with E-state index < -0.39 is 23.8 Å². The van der Waals surface area contributed by atoms with Crippen molar-refractivity contribution in [1.82, 2.24) is 29.9 Å². The van der Waals surface area contributed by atoms with E-state index in [1.54, 1.807) is 48.9 Å². The number of hydrogen-bond donors (Lipinski definition) is 5. The second-order valence-electron chi connectivity index (χ2n) is 25.3. The van der Waals surface area contributed by atoms with Gasteiger partial charge in [0.25, 0.3) is 0 Å². The number of nitrogens with one attached hydrogen (secondary N) is 3. The summed E-state index contributed by atoms with van der Waals surface area (Å²) in [6, 6.07) is 62.7. The Labute approximate surface area is 619 Å². The largest absolute Gasteiger partial charge is 0.449 e. The molecule has 3 atom stereocenters. The number of ether oxygens (including phenoxy) is 2. The molecule has 9 aromatic carbocycles. The number of aliphatic hydroxyl groups excluding tert-OH is 2. The maximum atomic E-state index is 13.9. The first kappa shape index (κ1) is 71.7. The van der Waals surface area contributed by atoms with Crippen LogP contribution in [0.3, 0.4) is 0 Å². The molecule has 3 heterocycles. The van der Waals surface area contributed by atoms with Crippen molar-refractivity contribution in [3.05, 3.63) is 323 Å². The molecule has 524 valence electrons. The van der Waals surface area contributed by atoms with Gasteiger partial charge in [-0.05, 0) is 159 Å². The Morgan fingerprint density at radius 3 is 1.37 bits per heavy atom. The van der Waals surface area contributed by atoms with Gasteiger partial charge in [-0.25, -0.2) is 48.3 Å². The van der Waals surface area contributed by atoms with Gasteiger partial charge in [0.05, 0.1) is 50.4 Å². The average molecular weight is 1470 g/mol. The van der Waals surface area contributed by atoms with E-state index in [-0.39, 0.29) is 56.1 Å². The summed E-state index contributed by atoms with van der Waals surface area (Å²) in [7, 11) is 4.00. The normalized spacial score (nSPS) is 14.2. The number of aliphatic hydroxyl groups is 2. The van der Waals surface area contributed by atoms with Gasteiger partial charge in [0, 0.05) is 91.5 Å². The summed E-state index contributed by atoms with van der Waals surface area (Å²) in [5.74, 6) is -0.743. The molecule has 16 nitrogen and oxygen atoms in total. The minimum absolute atomic E-state index is 0.0331. The van der Waals surface area contributed by atoms with E-state index in [4.69, 9.17) is 71.1 Å². The fourth-order valence-corrected chi connectivity index (χ4v) is 13.7. The van der Waals surface area contributed by atoms with Gasteiger partial charge in [0.1, 0.15) is 6.61 Å². The van der Waals surface area contributed by atoms with Crippen LogP contribution < -0.4 is 20.9 Å². The van der Waals surface area contributed by atoms with E-state index in [9.17, 15) is 18.4 Å². The van der Waals surface area contributed by atoms with E-state index in [1.807, 2.05) is 165 Å². The lowest BCUT2D eigenvalue weighted by Gasteiger charge is -2.27. The molecule has 0 radical (unpaired) electrons. The lowest BCUT2D eigenvalue weighted by Crippen LogP contribution is -2.19. The van der Waals surface area contributed by atoms with Crippen molar-refractivity contribution in [2.24, 2.45) is 0 Å². The zero-order valence-corrected chi connectivity index (χ0v) is 59.3. The monoisotopic (exact) mass is 1470 g/mol. The highest BCUT2D eigenvalue weighted by Crippen LogP contribution is 2.46. The summed E-state index contributed by atoms with van der Waals surface area (Å²) in [5.41, 5.74) is 20.2. The number of aromatic nitrogens is 6. The Morgan fingerprint density at radius 2 is 0.894 bits per heavy atom. The third kappa shape index (κ3) is 16.8. The van der Waals surface area contributed by atoms with Crippen LogP contribution >= 0.6 is 46.4 Å². The van der Waals surface area contributed by atoms with Crippen LogP contribution in [0.4, 0.5) is 47.6 Å². The molecule has 3 aliphatic carbocycles. The van der Waals surface area contributed by atoms with Gasteiger partial charge in [-0.1, -0.05) is 186 Å². The molecule has 15 rings (SSSR count). The molecule has 3 aromatic heterocycles. The summed E-state index contributed by atoms with van der Waals surface area (Å²) in [4.78, 5) is 54.1. The van der Waals surface area contributed by atoms with Crippen molar-refractivity contribution < 1.29 is 38.1 Å². The lowest BCUT2D eigenvalue weighted by molar-refractivity contribution is 0.154. The predicted molar refractivity (Wildman–Crippen MR) is 404 cm³/mol. The number of amides is 2. The SMILES string of the molecule is CN(C)c1ccc(CCOC(=O)Nc2ncc3c(n2)-c2ccccc2[C@H](c2ccc(Cl)c(Cl)c2)C3)cc1.O=C(Nc1ncc2c(n1)-c1ccccc1[C@H](c1ccc(Cl)c(Cl)c1)C2)OCc1ccc(CO)cc1.OCCc1ccc(Nc2ncc3c(n2)-c2ccccc2[C@@H](c2ccc(F)c(F)c2)C3)cc1. The number of benzene rings is 9. The quantitative estimate of drug-likeness (QED) is 0.0610. The minimum Gasteiger partial charge on any atom is -0.449 e. The van der Waals surface area contributed by atoms with Gasteiger partial charge < -0.3 is 29.9 Å². The highest BCUT2D eigenvalue weighted by atomic mass is 35.5. The zero-order chi connectivity index (χ0) is 72.4. The molecule has 22 heteroatoms. The van der Waals surface area contributed by atoms with Crippen molar-refractivity contribution in [3.63, 3.8) is 0 Å². The van der Waals surface area contributed by atoms with Gasteiger partial charge in [0.15, 0.2) is 11.6 Å². The number of fused-ring (bicyclic) bond motifs is 9. The fraction of sp³-hybridized carbons (Fsp3) is 0.171. The summed E-state index contributed by atoms with van der Waals surface area (Å²) < 4.78 is 38.1. The molecule has 5 N–H and O–H groups in total. The Morgan fingerprint density at radius 1 is 0.471 bits per heavy atom. The van der Waals surface area contributed by atoms with E-state index in [2.05, 4.69) is 53.0 Å². The van der Waals surface area contributed by atoms with Crippen molar-refractivity contribution in [1.29, 1.82) is 0 Å². The summed E-state index contributed by atoms with van der Waals surface area (Å²) in [6.07, 6.45) is 7.33. The molecule has 0 aliphatic heterocycles. The molecule has 2 amide bonds. The second-order valence-corrected chi connectivity index (χ2v) is 26.9. The van der Waals surface area contributed by atoms with E-state index in [0.717, 1.165) is 117 Å². The topological polar surface area (TPSA) is 210 Å². The summed E-state index contributed by atoms with van der Waals surface area (Å²) >= 11 is 24.9. The van der Waals surface area contributed by atoms with Crippen LogP contribution in [0.1, 0.15) is 90.1 Å². The number of halogens is 6. The van der Waals surface area contributed by atoms with Crippen LogP contribution in [-0.4, -0.2) is 79.6 Å². The first-order chi connectivity index (χ1) is 50.5. The molecule has 3 aliphatic rings. The van der Waals surface area contributed by atoms with Crippen molar-refractivity contribution in [3.8, 4) is 33.8 Å². The molecule has 0 saturated heterocycles. The molecular weight excluding hydrogens is 1400 g/mol. The smallest absolute Gasteiger partial charge is 0.414 e. The zero-order valence-electron chi connectivity index (χ0n) is 56.3. The van der Waals surface area contributed by atoms with Gasteiger partial charge in [-0.3, -0.25) is 10.6 Å². The molecule has 0 spiro atoms. The van der Waals surface area contributed by atoms with Crippen LogP contribution in [0, 0.1) is 11.6 Å². The number of anilines is 5. The number of carbonyl (C=O) groups excluding carboxylic acids is 2. The number of nitrogens with zero attached hydrogens (tertiary/aromatic N) is 7. The molecule has 12 aromatic rings. The summed E-state index contributed by atoms with van der Waals surface area (Å²) in [5, 5.41) is 28.8. The molecular formula is C82H68Cl4F2N10O6. The maximum Gasteiger partial charge on any atom is 0.414 e. The second kappa shape index (κ2) is 32.7. The molecule has 0 bridgehead atoms. The van der Waals surface area contributed by atoms with Gasteiger partial charge in [-0.15, -0.1) is 0 Å². The lowest BCUT2D eigenvalue weighted by atomic mass is 9.78. The first-order valence-electron chi connectivity index (χ1n) is 33.5.